The molecule has 0 unspecified atom stereocenters. The number of thiophene rings is 1. The first-order chi connectivity index (χ1) is 15.5. The maximum Gasteiger partial charge on any atom is 0.348 e. The Bertz CT molecular complexity index is 1080. The first kappa shape index (κ1) is 22.0. The fourth-order valence-electron chi connectivity index (χ4n) is 4.31. The molecule has 1 saturated carbocycles. The lowest BCUT2D eigenvalue weighted by molar-refractivity contribution is -0.152. The maximum absolute atomic E-state index is 13.4. The zero-order valence-corrected chi connectivity index (χ0v) is 18.6. The molecule has 1 aromatic carbocycles. The third-order valence-electron chi connectivity index (χ3n) is 5.90. The van der Waals surface area contributed by atoms with Gasteiger partial charge in [-0.15, -0.1) is 11.3 Å². The minimum absolute atomic E-state index is 0.144. The van der Waals surface area contributed by atoms with Gasteiger partial charge in [0.1, 0.15) is 35.8 Å². The van der Waals surface area contributed by atoms with Crippen molar-refractivity contribution in [2.24, 2.45) is 0 Å². The molecule has 0 spiro atoms. The minimum Gasteiger partial charge on any atom is -0.486 e. The first-order valence-electron chi connectivity index (χ1n) is 10.6. The predicted octanol–water partition coefficient (Wildman–Crippen LogP) is 3.71. The van der Waals surface area contributed by atoms with Crippen LogP contribution in [-0.4, -0.2) is 31.8 Å². The number of hydrogen-bond donors (Lipinski definition) is 1. The Hall–Kier alpha value is -3.25. The monoisotopic (exact) mass is 456 g/mol. The molecule has 2 N–H and O–H groups in total. The lowest BCUT2D eigenvalue weighted by Gasteiger charge is -2.29. The Kier molecular flexibility index (Phi) is 6.24. The number of nitrogen functional groups attached to an aromatic ring is 1. The number of rotatable bonds is 6. The molecular weight excluding hydrogens is 432 g/mol. The minimum atomic E-state index is -0.811. The molecule has 1 aliphatic heterocycles. The summed E-state index contributed by atoms with van der Waals surface area (Å²) in [5, 5.41) is 9.70. The number of benzene rings is 1. The van der Waals surface area contributed by atoms with Gasteiger partial charge in [0.05, 0.1) is 17.6 Å². The quantitative estimate of drug-likeness (QED) is 0.653. The summed E-state index contributed by atoms with van der Waals surface area (Å²) in [6.07, 6.45) is 3.08. The summed E-state index contributed by atoms with van der Waals surface area (Å²) in [5.74, 6) is 0.303. The fraction of sp³-hybridized carbons (Fsp3) is 0.435. The van der Waals surface area contributed by atoms with Crippen LogP contribution >= 0.6 is 11.3 Å². The summed E-state index contributed by atoms with van der Waals surface area (Å²) in [6.45, 7) is 2.60. The predicted molar refractivity (Wildman–Crippen MR) is 117 cm³/mol. The molecule has 0 saturated heterocycles. The van der Waals surface area contributed by atoms with Crippen molar-refractivity contribution >= 4 is 28.3 Å². The van der Waals surface area contributed by atoms with Crippen molar-refractivity contribution < 1.29 is 28.5 Å². The highest BCUT2D eigenvalue weighted by Gasteiger charge is 2.45. The third kappa shape index (κ3) is 3.86. The Labute approximate surface area is 189 Å². The molecule has 0 bridgehead atoms. The van der Waals surface area contributed by atoms with Crippen molar-refractivity contribution in [3.63, 3.8) is 0 Å². The van der Waals surface area contributed by atoms with E-state index in [1.54, 1.807) is 6.92 Å². The number of ether oxygens (including phenoxy) is 4. The molecule has 168 valence electrons. The Balaban J connectivity index is 1.60. The summed E-state index contributed by atoms with van der Waals surface area (Å²) >= 11 is 0.967. The third-order valence-corrected chi connectivity index (χ3v) is 6.94. The standard InChI is InChI=1S/C23H24N2O6S/c1-2-28-21(26)19-16(15(12-24)20(25)32-19)13-31-22(27)23(7-3-4-8-23)14-5-6-17-18(11-14)30-10-9-29-17/h5-6,11H,2-4,7-10,13,25H2,1H3. The molecule has 9 heteroatoms. The second kappa shape index (κ2) is 9.09. The van der Waals surface area contributed by atoms with Crippen molar-refractivity contribution in [3.05, 3.63) is 39.8 Å². The van der Waals surface area contributed by atoms with Crippen LogP contribution in [0.1, 0.15) is 59.0 Å². The van der Waals surface area contributed by atoms with Crippen LogP contribution in [0, 0.1) is 11.3 Å². The van der Waals surface area contributed by atoms with Crippen molar-refractivity contribution in [1.82, 2.24) is 0 Å². The average Bonchev–Trinajstić information content (AvgIpc) is 3.42. The molecule has 1 aromatic heterocycles. The normalized spacial score (nSPS) is 16.2. The van der Waals surface area contributed by atoms with Gasteiger partial charge in [0.15, 0.2) is 11.5 Å². The van der Waals surface area contributed by atoms with Crippen LogP contribution in [-0.2, 0) is 26.3 Å². The average molecular weight is 457 g/mol. The Morgan fingerprint density at radius 3 is 2.59 bits per heavy atom. The van der Waals surface area contributed by atoms with Crippen molar-refractivity contribution in [3.8, 4) is 17.6 Å². The molecule has 1 aliphatic carbocycles. The van der Waals surface area contributed by atoms with Gasteiger partial charge in [-0.3, -0.25) is 4.79 Å². The number of nitriles is 1. The first-order valence-corrected chi connectivity index (χ1v) is 11.4. The number of anilines is 1. The van der Waals surface area contributed by atoms with E-state index in [4.69, 9.17) is 24.7 Å². The SMILES string of the molecule is CCOC(=O)c1sc(N)c(C#N)c1COC(=O)C1(c2ccc3c(c2)OCCO3)CCCC1. The van der Waals surface area contributed by atoms with Crippen molar-refractivity contribution in [1.29, 1.82) is 5.26 Å². The van der Waals surface area contributed by atoms with E-state index in [2.05, 4.69) is 0 Å². The number of esters is 2. The molecule has 2 aliphatic rings. The number of carbonyl (C=O) groups is 2. The van der Waals surface area contributed by atoms with Crippen LogP contribution in [0.5, 0.6) is 11.5 Å². The Morgan fingerprint density at radius 1 is 1.19 bits per heavy atom. The number of nitrogens with two attached hydrogens (primary N) is 1. The van der Waals surface area contributed by atoms with Gasteiger partial charge in [-0.2, -0.15) is 5.26 Å². The van der Waals surface area contributed by atoms with E-state index in [1.807, 2.05) is 24.3 Å². The zero-order chi connectivity index (χ0) is 22.7. The number of nitrogens with zero attached hydrogens (tertiary/aromatic N) is 1. The summed E-state index contributed by atoms with van der Waals surface area (Å²) in [4.78, 5) is 25.9. The van der Waals surface area contributed by atoms with Gasteiger partial charge >= 0.3 is 11.9 Å². The summed E-state index contributed by atoms with van der Waals surface area (Å²) in [5.41, 5.74) is 6.36. The van der Waals surface area contributed by atoms with Gasteiger partial charge < -0.3 is 24.7 Å². The van der Waals surface area contributed by atoms with Gasteiger partial charge in [0.25, 0.3) is 0 Å². The van der Waals surface area contributed by atoms with Crippen LogP contribution in [0.15, 0.2) is 18.2 Å². The second-order valence-corrected chi connectivity index (χ2v) is 8.76. The van der Waals surface area contributed by atoms with E-state index in [-0.39, 0.29) is 34.2 Å². The van der Waals surface area contributed by atoms with Crippen LogP contribution in [0.3, 0.4) is 0 Å². The molecular formula is C23H24N2O6S. The van der Waals surface area contributed by atoms with Crippen LogP contribution < -0.4 is 15.2 Å². The molecule has 2 heterocycles. The lowest BCUT2D eigenvalue weighted by atomic mass is 9.78. The molecule has 32 heavy (non-hydrogen) atoms. The Morgan fingerprint density at radius 2 is 1.91 bits per heavy atom. The lowest BCUT2D eigenvalue weighted by Crippen LogP contribution is -2.35. The van der Waals surface area contributed by atoms with Gasteiger partial charge in [0, 0.05) is 5.56 Å². The molecule has 4 rings (SSSR count). The van der Waals surface area contributed by atoms with Gasteiger partial charge in [-0.05, 0) is 37.5 Å². The summed E-state index contributed by atoms with van der Waals surface area (Å²) < 4.78 is 22.1. The van der Waals surface area contributed by atoms with Gasteiger partial charge in [-0.1, -0.05) is 18.9 Å². The van der Waals surface area contributed by atoms with E-state index in [0.717, 1.165) is 29.7 Å². The van der Waals surface area contributed by atoms with Gasteiger partial charge in [0.2, 0.25) is 0 Å². The number of fused-ring (bicyclic) bond motifs is 1. The van der Waals surface area contributed by atoms with E-state index < -0.39 is 17.4 Å². The van der Waals surface area contributed by atoms with Crippen LogP contribution in [0.2, 0.25) is 0 Å². The number of carbonyl (C=O) groups excluding carboxylic acids is 2. The molecule has 0 amide bonds. The van der Waals surface area contributed by atoms with E-state index in [0.29, 0.717) is 37.6 Å². The summed E-state index contributed by atoms with van der Waals surface area (Å²) in [6, 6.07) is 7.57. The summed E-state index contributed by atoms with van der Waals surface area (Å²) in [7, 11) is 0. The number of hydrogen-bond acceptors (Lipinski definition) is 9. The molecule has 0 radical (unpaired) electrons. The van der Waals surface area contributed by atoms with Crippen molar-refractivity contribution in [2.45, 2.75) is 44.6 Å². The van der Waals surface area contributed by atoms with Crippen LogP contribution in [0.25, 0.3) is 0 Å². The highest BCUT2D eigenvalue weighted by atomic mass is 32.1. The molecule has 0 atom stereocenters. The maximum atomic E-state index is 13.4. The molecule has 1 fully saturated rings. The van der Waals surface area contributed by atoms with Gasteiger partial charge in [-0.25, -0.2) is 4.79 Å². The van der Waals surface area contributed by atoms with E-state index in [9.17, 15) is 14.9 Å². The largest absolute Gasteiger partial charge is 0.486 e. The topological polar surface area (TPSA) is 121 Å². The highest BCUT2D eigenvalue weighted by Crippen LogP contribution is 2.45. The molecule has 2 aromatic rings. The van der Waals surface area contributed by atoms with Crippen LogP contribution in [0.4, 0.5) is 5.00 Å². The van der Waals surface area contributed by atoms with Crippen molar-refractivity contribution in [2.75, 3.05) is 25.6 Å². The zero-order valence-electron chi connectivity index (χ0n) is 17.8. The molecule has 8 nitrogen and oxygen atoms in total. The van der Waals surface area contributed by atoms with E-state index in [1.165, 1.54) is 0 Å². The smallest absolute Gasteiger partial charge is 0.348 e. The second-order valence-electron chi connectivity index (χ2n) is 7.71. The van der Waals surface area contributed by atoms with E-state index >= 15 is 0 Å². The highest BCUT2D eigenvalue weighted by molar-refractivity contribution is 7.18. The fourth-order valence-corrected chi connectivity index (χ4v) is 5.23.